The minimum Gasteiger partial charge on any atom is -0.315 e. The van der Waals surface area contributed by atoms with E-state index in [0.29, 0.717) is 24.5 Å². The van der Waals surface area contributed by atoms with Crippen LogP contribution in [0, 0.1) is 6.92 Å². The van der Waals surface area contributed by atoms with Crippen LogP contribution in [-0.2, 0) is 16.6 Å². The Balaban J connectivity index is 3.09. The molecule has 1 N–H and O–H groups in total. The standard InChI is InChI=1S/C13H24N2O2S2/c1-5-7-15(8-6-2)19(16,17)13-9-12(10-14-4)18-11(13)3/h9,14H,5-8,10H2,1-4H3. The topological polar surface area (TPSA) is 49.4 Å². The summed E-state index contributed by atoms with van der Waals surface area (Å²) in [6, 6.07) is 1.81. The van der Waals surface area contributed by atoms with E-state index in [1.807, 2.05) is 33.9 Å². The smallest absolute Gasteiger partial charge is 0.244 e. The van der Waals surface area contributed by atoms with Gasteiger partial charge in [-0.3, -0.25) is 0 Å². The van der Waals surface area contributed by atoms with E-state index in [1.54, 1.807) is 15.6 Å². The van der Waals surface area contributed by atoms with Crippen LogP contribution < -0.4 is 5.32 Å². The quantitative estimate of drug-likeness (QED) is 0.803. The molecule has 1 aromatic rings. The van der Waals surface area contributed by atoms with E-state index in [4.69, 9.17) is 0 Å². The number of rotatable bonds is 8. The molecule has 0 amide bonds. The van der Waals surface area contributed by atoms with E-state index < -0.39 is 10.0 Å². The highest BCUT2D eigenvalue weighted by atomic mass is 32.2. The van der Waals surface area contributed by atoms with Gasteiger partial charge in [0.15, 0.2) is 0 Å². The first-order valence-corrected chi connectivity index (χ1v) is 8.97. The summed E-state index contributed by atoms with van der Waals surface area (Å²) < 4.78 is 26.9. The first-order valence-electron chi connectivity index (χ1n) is 6.71. The van der Waals surface area contributed by atoms with Crippen LogP contribution >= 0.6 is 11.3 Å². The van der Waals surface area contributed by atoms with Gasteiger partial charge in [-0.25, -0.2) is 8.42 Å². The Morgan fingerprint density at radius 1 is 1.26 bits per heavy atom. The third-order valence-corrected chi connectivity index (χ3v) is 6.04. The molecule has 0 aliphatic heterocycles. The van der Waals surface area contributed by atoms with Crippen LogP contribution in [-0.4, -0.2) is 32.9 Å². The summed E-state index contributed by atoms with van der Waals surface area (Å²) in [6.07, 6.45) is 1.68. The molecular formula is C13H24N2O2S2. The molecule has 6 heteroatoms. The predicted octanol–water partition coefficient (Wildman–Crippen LogP) is 2.59. The zero-order chi connectivity index (χ0) is 14.5. The van der Waals surface area contributed by atoms with Gasteiger partial charge >= 0.3 is 0 Å². The highest BCUT2D eigenvalue weighted by Gasteiger charge is 2.26. The van der Waals surface area contributed by atoms with Gasteiger partial charge in [0.1, 0.15) is 0 Å². The maximum absolute atomic E-state index is 12.7. The molecule has 0 saturated heterocycles. The molecule has 0 spiro atoms. The number of hydrogen-bond donors (Lipinski definition) is 1. The van der Waals surface area contributed by atoms with Crippen molar-refractivity contribution in [1.29, 1.82) is 0 Å². The lowest BCUT2D eigenvalue weighted by Gasteiger charge is -2.20. The van der Waals surface area contributed by atoms with Crippen LogP contribution in [0.15, 0.2) is 11.0 Å². The van der Waals surface area contributed by atoms with E-state index >= 15 is 0 Å². The van der Waals surface area contributed by atoms with Gasteiger partial charge < -0.3 is 5.32 Å². The third kappa shape index (κ3) is 4.02. The van der Waals surface area contributed by atoms with Crippen molar-refractivity contribution in [2.24, 2.45) is 0 Å². The number of nitrogens with one attached hydrogen (secondary N) is 1. The average molecular weight is 304 g/mol. The van der Waals surface area contributed by atoms with Crippen LogP contribution in [0.5, 0.6) is 0 Å². The van der Waals surface area contributed by atoms with Crippen LogP contribution in [0.4, 0.5) is 0 Å². The highest BCUT2D eigenvalue weighted by molar-refractivity contribution is 7.89. The molecule has 0 unspecified atom stereocenters. The molecule has 1 heterocycles. The molecule has 4 nitrogen and oxygen atoms in total. The Morgan fingerprint density at radius 2 is 1.84 bits per heavy atom. The fraction of sp³-hybridized carbons (Fsp3) is 0.692. The maximum atomic E-state index is 12.7. The fourth-order valence-electron chi connectivity index (χ4n) is 2.03. The van der Waals surface area contributed by atoms with Gasteiger partial charge in [-0.1, -0.05) is 13.8 Å². The lowest BCUT2D eigenvalue weighted by molar-refractivity contribution is 0.410. The summed E-state index contributed by atoms with van der Waals surface area (Å²) >= 11 is 1.55. The SMILES string of the molecule is CCCN(CCC)S(=O)(=O)c1cc(CNC)sc1C. The van der Waals surface area contributed by atoms with Crippen LogP contribution in [0.3, 0.4) is 0 Å². The molecule has 0 bridgehead atoms. The lowest BCUT2D eigenvalue weighted by atomic mass is 10.4. The van der Waals surface area contributed by atoms with E-state index in [0.717, 1.165) is 22.6 Å². The lowest BCUT2D eigenvalue weighted by Crippen LogP contribution is -2.32. The third-order valence-electron chi connectivity index (χ3n) is 2.84. The van der Waals surface area contributed by atoms with E-state index in [2.05, 4.69) is 5.32 Å². The Bertz CT molecular complexity index is 489. The van der Waals surface area contributed by atoms with E-state index in [-0.39, 0.29) is 0 Å². The van der Waals surface area contributed by atoms with E-state index in [9.17, 15) is 8.42 Å². The largest absolute Gasteiger partial charge is 0.315 e. The second-order valence-corrected chi connectivity index (χ2v) is 7.81. The van der Waals surface area contributed by atoms with Crippen molar-refractivity contribution in [2.45, 2.75) is 45.1 Å². The number of hydrogen-bond acceptors (Lipinski definition) is 4. The molecule has 0 fully saturated rings. The van der Waals surface area contributed by atoms with Crippen molar-refractivity contribution in [2.75, 3.05) is 20.1 Å². The Labute approximate surface area is 120 Å². The zero-order valence-electron chi connectivity index (χ0n) is 12.2. The van der Waals surface area contributed by atoms with Gasteiger partial charge in [0.05, 0.1) is 4.90 Å². The number of aryl methyl sites for hydroxylation is 1. The molecule has 0 aliphatic rings. The van der Waals surface area contributed by atoms with Crippen LogP contribution in [0.2, 0.25) is 0 Å². The van der Waals surface area contributed by atoms with Gasteiger partial charge in [0.2, 0.25) is 10.0 Å². The van der Waals surface area contributed by atoms with Crippen molar-refractivity contribution in [3.63, 3.8) is 0 Å². The summed E-state index contributed by atoms with van der Waals surface area (Å²) in [5.41, 5.74) is 0. The molecule has 0 atom stereocenters. The fourth-order valence-corrected chi connectivity index (χ4v) is 5.27. The Kier molecular flexibility index (Phi) is 6.46. The second-order valence-electron chi connectivity index (χ2n) is 4.57. The Morgan fingerprint density at radius 3 is 2.32 bits per heavy atom. The number of nitrogens with zero attached hydrogens (tertiary/aromatic N) is 1. The minimum atomic E-state index is -3.34. The Hall–Kier alpha value is -0.430. The summed E-state index contributed by atoms with van der Waals surface area (Å²) in [6.45, 7) is 7.78. The summed E-state index contributed by atoms with van der Waals surface area (Å²) in [4.78, 5) is 2.42. The first kappa shape index (κ1) is 16.6. The second kappa shape index (κ2) is 7.38. The highest BCUT2D eigenvalue weighted by Crippen LogP contribution is 2.28. The molecule has 0 radical (unpaired) electrons. The maximum Gasteiger partial charge on any atom is 0.244 e. The van der Waals surface area contributed by atoms with Crippen molar-refractivity contribution < 1.29 is 8.42 Å². The van der Waals surface area contributed by atoms with Gasteiger partial charge in [0.25, 0.3) is 0 Å². The molecule has 0 aromatic carbocycles. The first-order chi connectivity index (χ1) is 8.97. The molecule has 0 saturated carbocycles. The monoisotopic (exact) mass is 304 g/mol. The zero-order valence-corrected chi connectivity index (χ0v) is 13.8. The van der Waals surface area contributed by atoms with E-state index in [1.165, 1.54) is 0 Å². The van der Waals surface area contributed by atoms with Gasteiger partial charge in [-0.05, 0) is 32.9 Å². The summed E-state index contributed by atoms with van der Waals surface area (Å²) in [5, 5.41) is 3.06. The number of sulfonamides is 1. The molecule has 1 aromatic heterocycles. The molecule has 110 valence electrons. The normalized spacial score (nSPS) is 12.3. The van der Waals surface area contributed by atoms with Crippen molar-refractivity contribution >= 4 is 21.4 Å². The molecule has 1 rings (SSSR count). The number of thiophene rings is 1. The van der Waals surface area contributed by atoms with Crippen molar-refractivity contribution in [3.05, 3.63) is 15.8 Å². The van der Waals surface area contributed by atoms with Crippen molar-refractivity contribution in [1.82, 2.24) is 9.62 Å². The molecule has 19 heavy (non-hydrogen) atoms. The average Bonchev–Trinajstić information content (AvgIpc) is 2.71. The van der Waals surface area contributed by atoms with Gasteiger partial charge in [-0.15, -0.1) is 11.3 Å². The summed E-state index contributed by atoms with van der Waals surface area (Å²) in [5.74, 6) is 0. The van der Waals surface area contributed by atoms with Crippen LogP contribution in [0.1, 0.15) is 36.4 Å². The molecule has 0 aliphatic carbocycles. The molecular weight excluding hydrogens is 280 g/mol. The van der Waals surface area contributed by atoms with Crippen LogP contribution in [0.25, 0.3) is 0 Å². The van der Waals surface area contributed by atoms with Crippen molar-refractivity contribution in [3.8, 4) is 0 Å². The summed E-state index contributed by atoms with van der Waals surface area (Å²) in [7, 11) is -1.47. The minimum absolute atomic E-state index is 0.477. The van der Waals surface area contributed by atoms with Gasteiger partial charge in [-0.2, -0.15) is 4.31 Å². The van der Waals surface area contributed by atoms with Gasteiger partial charge in [0, 0.05) is 29.4 Å². The predicted molar refractivity (Wildman–Crippen MR) is 81.2 cm³/mol.